The van der Waals surface area contributed by atoms with E-state index in [4.69, 9.17) is 26.4 Å². The summed E-state index contributed by atoms with van der Waals surface area (Å²) in [4.78, 5) is 32.7. The molecule has 1 fully saturated rings. The highest BCUT2D eigenvalue weighted by atomic mass is 35.5. The summed E-state index contributed by atoms with van der Waals surface area (Å²) in [6.45, 7) is 14.4. The summed E-state index contributed by atoms with van der Waals surface area (Å²) in [6, 6.07) is 17.2. The van der Waals surface area contributed by atoms with Gasteiger partial charge in [-0.05, 0) is 94.8 Å². The van der Waals surface area contributed by atoms with Crippen LogP contribution >= 0.6 is 11.6 Å². The largest absolute Gasteiger partial charge is 0.447 e. The Bertz CT molecular complexity index is 1580. The molecule has 1 N–H and O–H groups in total. The van der Waals surface area contributed by atoms with Gasteiger partial charge in [-0.1, -0.05) is 54.1 Å². The Morgan fingerprint density at radius 2 is 1.69 bits per heavy atom. The lowest BCUT2D eigenvalue weighted by Gasteiger charge is -2.22. The Morgan fingerprint density at radius 1 is 1.07 bits per heavy atom. The monoisotopic (exact) mass is 589 g/mol. The van der Waals surface area contributed by atoms with E-state index in [1.807, 2.05) is 61.5 Å². The molecule has 2 aromatic heterocycles. The lowest BCUT2D eigenvalue weighted by molar-refractivity contribution is -0.128. The quantitative estimate of drug-likeness (QED) is 0.257. The summed E-state index contributed by atoms with van der Waals surface area (Å²) in [5.74, 6) is -0.285. The zero-order valence-electron chi connectivity index (χ0n) is 25.5. The number of aliphatic hydroxyl groups is 1. The van der Waals surface area contributed by atoms with Crippen molar-refractivity contribution in [2.75, 3.05) is 6.61 Å². The third kappa shape index (κ3) is 6.85. The Balaban J connectivity index is 0.000000748. The molecule has 0 radical (unpaired) electrons. The SMILES string of the molecule is CC(C)(C)O.CCn1c(C)c(C)c2c(-c3ccc(Cl)cc3)c(CC(=O)N3C(=O)OC[C@H]3Cc3ccccc3)c(C)nc21. The van der Waals surface area contributed by atoms with Crippen LogP contribution in [0.4, 0.5) is 4.79 Å². The van der Waals surface area contributed by atoms with Crippen molar-refractivity contribution in [2.24, 2.45) is 0 Å². The van der Waals surface area contributed by atoms with Crippen molar-refractivity contribution in [1.29, 1.82) is 0 Å². The Hall–Kier alpha value is -3.68. The number of amides is 2. The number of halogens is 1. The highest BCUT2D eigenvalue weighted by molar-refractivity contribution is 6.30. The van der Waals surface area contributed by atoms with Crippen LogP contribution in [-0.2, 0) is 28.9 Å². The molecule has 4 aromatic rings. The summed E-state index contributed by atoms with van der Waals surface area (Å²) in [5, 5.41) is 10.2. The zero-order chi connectivity index (χ0) is 30.8. The van der Waals surface area contributed by atoms with Gasteiger partial charge in [0.05, 0.1) is 18.1 Å². The number of cyclic esters (lactones) is 1. The third-order valence-electron chi connectivity index (χ3n) is 7.38. The topological polar surface area (TPSA) is 84.7 Å². The van der Waals surface area contributed by atoms with Crippen LogP contribution in [0.3, 0.4) is 0 Å². The molecule has 7 nitrogen and oxygen atoms in total. The summed E-state index contributed by atoms with van der Waals surface area (Å²) in [7, 11) is 0. The van der Waals surface area contributed by atoms with E-state index in [9.17, 15) is 9.59 Å². The lowest BCUT2D eigenvalue weighted by atomic mass is 9.92. The maximum absolute atomic E-state index is 13.7. The van der Waals surface area contributed by atoms with Crippen LogP contribution in [0, 0.1) is 20.8 Å². The molecule has 1 aliphatic rings. The minimum atomic E-state index is -0.588. The molecule has 0 saturated carbocycles. The number of imide groups is 1. The van der Waals surface area contributed by atoms with Crippen molar-refractivity contribution in [3.63, 3.8) is 0 Å². The highest BCUT2D eigenvalue weighted by Gasteiger charge is 2.38. The van der Waals surface area contributed by atoms with Crippen LogP contribution in [0.1, 0.15) is 55.8 Å². The predicted molar refractivity (Wildman–Crippen MR) is 168 cm³/mol. The minimum Gasteiger partial charge on any atom is -0.447 e. The Labute approximate surface area is 253 Å². The van der Waals surface area contributed by atoms with Gasteiger partial charge in [0.25, 0.3) is 0 Å². The summed E-state index contributed by atoms with van der Waals surface area (Å²) < 4.78 is 7.53. The third-order valence-corrected chi connectivity index (χ3v) is 7.64. The van der Waals surface area contributed by atoms with Crippen LogP contribution in [0.15, 0.2) is 54.6 Å². The van der Waals surface area contributed by atoms with Gasteiger partial charge in [-0.15, -0.1) is 0 Å². The first-order chi connectivity index (χ1) is 19.8. The van der Waals surface area contributed by atoms with Crippen molar-refractivity contribution in [3.05, 3.63) is 87.7 Å². The predicted octanol–water partition coefficient (Wildman–Crippen LogP) is 7.21. The fourth-order valence-corrected chi connectivity index (χ4v) is 5.52. The van der Waals surface area contributed by atoms with E-state index in [-0.39, 0.29) is 25.0 Å². The van der Waals surface area contributed by atoms with Gasteiger partial charge in [-0.3, -0.25) is 4.79 Å². The Kier molecular flexibility index (Phi) is 9.43. The lowest BCUT2D eigenvalue weighted by Crippen LogP contribution is -2.41. The van der Waals surface area contributed by atoms with E-state index in [0.717, 1.165) is 56.8 Å². The van der Waals surface area contributed by atoms with E-state index < -0.39 is 11.7 Å². The van der Waals surface area contributed by atoms with Crippen LogP contribution in [-0.4, -0.2) is 49.8 Å². The van der Waals surface area contributed by atoms with Gasteiger partial charge in [0.2, 0.25) is 5.91 Å². The maximum atomic E-state index is 13.7. The van der Waals surface area contributed by atoms with Gasteiger partial charge in [0.1, 0.15) is 12.3 Å². The highest BCUT2D eigenvalue weighted by Crippen LogP contribution is 2.38. The fraction of sp³-hybridized carbons (Fsp3) is 0.382. The number of hydrogen-bond acceptors (Lipinski definition) is 5. The van der Waals surface area contributed by atoms with Gasteiger partial charge < -0.3 is 14.4 Å². The van der Waals surface area contributed by atoms with Crippen LogP contribution in [0.5, 0.6) is 0 Å². The number of nitrogens with zero attached hydrogens (tertiary/aromatic N) is 3. The smallest absolute Gasteiger partial charge is 0.416 e. The van der Waals surface area contributed by atoms with Crippen LogP contribution in [0.25, 0.3) is 22.2 Å². The average Bonchev–Trinajstić information content (AvgIpc) is 3.40. The van der Waals surface area contributed by atoms with Gasteiger partial charge in [-0.25, -0.2) is 14.7 Å². The molecule has 1 aliphatic heterocycles. The van der Waals surface area contributed by atoms with E-state index in [0.29, 0.717) is 11.4 Å². The number of aromatic nitrogens is 2. The number of pyridine rings is 1. The number of benzene rings is 2. The molecule has 0 spiro atoms. The maximum Gasteiger partial charge on any atom is 0.416 e. The molecular weight excluding hydrogens is 550 g/mol. The van der Waals surface area contributed by atoms with Gasteiger partial charge in [-0.2, -0.15) is 0 Å². The molecule has 1 saturated heterocycles. The van der Waals surface area contributed by atoms with Gasteiger partial charge in [0, 0.05) is 28.3 Å². The van der Waals surface area contributed by atoms with Crippen molar-refractivity contribution in [1.82, 2.24) is 14.5 Å². The van der Waals surface area contributed by atoms with Crippen molar-refractivity contribution < 1.29 is 19.4 Å². The van der Waals surface area contributed by atoms with Gasteiger partial charge in [0.15, 0.2) is 0 Å². The molecule has 42 heavy (non-hydrogen) atoms. The molecule has 222 valence electrons. The molecule has 5 rings (SSSR count). The van der Waals surface area contributed by atoms with Crippen molar-refractivity contribution >= 4 is 34.6 Å². The van der Waals surface area contributed by atoms with E-state index >= 15 is 0 Å². The van der Waals surface area contributed by atoms with E-state index in [2.05, 4.69) is 25.3 Å². The standard InChI is InChI=1S/C30H30ClN3O3.C4H10O/c1-5-33-20(4)18(2)27-28(22-11-13-23(31)14-12-22)25(19(3)32-29(27)33)16-26(35)34-24(17-37-30(34)36)15-21-9-7-6-8-10-21;1-4(2,3)5/h6-14,24H,5,15-17H2,1-4H3;5H,1-3H3/t24-;/m1./s1. The second kappa shape index (κ2) is 12.7. The molecule has 2 aromatic carbocycles. The normalized spacial score (nSPS) is 15.0. The molecule has 0 bridgehead atoms. The molecule has 1 atom stereocenters. The van der Waals surface area contributed by atoms with Crippen molar-refractivity contribution in [2.45, 2.75) is 79.5 Å². The number of carbonyl (C=O) groups is 2. The second-order valence-electron chi connectivity index (χ2n) is 11.7. The second-order valence-corrected chi connectivity index (χ2v) is 12.2. The molecular formula is C34H40ClN3O4. The number of aryl methyl sites for hydroxylation is 3. The number of fused-ring (bicyclic) bond motifs is 1. The number of ether oxygens (including phenoxy) is 1. The fourth-order valence-electron chi connectivity index (χ4n) is 5.40. The molecule has 8 heteroatoms. The van der Waals surface area contributed by atoms with Crippen molar-refractivity contribution in [3.8, 4) is 11.1 Å². The number of hydrogen-bond donors (Lipinski definition) is 1. The first-order valence-electron chi connectivity index (χ1n) is 14.3. The molecule has 2 amide bonds. The Morgan fingerprint density at radius 3 is 2.29 bits per heavy atom. The summed E-state index contributed by atoms with van der Waals surface area (Å²) >= 11 is 6.21. The minimum absolute atomic E-state index is 0.0446. The molecule has 3 heterocycles. The first-order valence-corrected chi connectivity index (χ1v) is 14.7. The number of rotatable bonds is 6. The molecule has 0 unspecified atom stereocenters. The first kappa shape index (κ1) is 31.3. The van der Waals surface area contributed by atoms with Crippen LogP contribution < -0.4 is 0 Å². The number of carbonyl (C=O) groups excluding carboxylic acids is 2. The average molecular weight is 590 g/mol. The van der Waals surface area contributed by atoms with E-state index in [1.165, 1.54) is 4.90 Å². The zero-order valence-corrected chi connectivity index (χ0v) is 26.2. The van der Waals surface area contributed by atoms with E-state index in [1.54, 1.807) is 20.8 Å². The van der Waals surface area contributed by atoms with Gasteiger partial charge >= 0.3 is 6.09 Å². The molecule has 0 aliphatic carbocycles. The summed E-state index contributed by atoms with van der Waals surface area (Å²) in [6.07, 6.45) is 0.00830. The van der Waals surface area contributed by atoms with Crippen LogP contribution in [0.2, 0.25) is 5.02 Å². The summed E-state index contributed by atoms with van der Waals surface area (Å²) in [5.41, 5.74) is 7.24.